The maximum absolute atomic E-state index is 3.43. The summed E-state index contributed by atoms with van der Waals surface area (Å²) in [5.74, 6) is 0. The molecule has 1 heteroatoms. The Kier molecular flexibility index (Phi) is 1.66. The highest BCUT2D eigenvalue weighted by atomic mass is 15.1. The average molecular weight is 147 g/mol. The van der Waals surface area contributed by atoms with Crippen molar-refractivity contribution in [2.45, 2.75) is 25.4 Å². The van der Waals surface area contributed by atoms with Crippen molar-refractivity contribution in [1.29, 1.82) is 0 Å². The van der Waals surface area contributed by atoms with Crippen LogP contribution in [0.5, 0.6) is 0 Å². The van der Waals surface area contributed by atoms with Crippen molar-refractivity contribution in [3.8, 4) is 0 Å². The van der Waals surface area contributed by atoms with E-state index in [-0.39, 0.29) is 0 Å². The van der Waals surface area contributed by atoms with Gasteiger partial charge in [-0.3, -0.25) is 0 Å². The Morgan fingerprint density at radius 3 is 2.55 bits per heavy atom. The van der Waals surface area contributed by atoms with Crippen molar-refractivity contribution in [1.82, 2.24) is 5.32 Å². The minimum atomic E-state index is 0.640. The Morgan fingerprint density at radius 2 is 2.00 bits per heavy atom. The van der Waals surface area contributed by atoms with Gasteiger partial charge in [0, 0.05) is 12.1 Å². The molecule has 58 valence electrons. The Hall–Kier alpha value is -0.820. The summed E-state index contributed by atoms with van der Waals surface area (Å²) in [6.07, 6.45) is 1.24. The van der Waals surface area contributed by atoms with Gasteiger partial charge in [-0.15, -0.1) is 0 Å². The molecule has 11 heavy (non-hydrogen) atoms. The van der Waals surface area contributed by atoms with E-state index in [1.165, 1.54) is 12.0 Å². The van der Waals surface area contributed by atoms with Gasteiger partial charge in [-0.25, -0.2) is 0 Å². The summed E-state index contributed by atoms with van der Waals surface area (Å²) in [7, 11) is 0. The van der Waals surface area contributed by atoms with Crippen LogP contribution in [-0.4, -0.2) is 6.04 Å². The van der Waals surface area contributed by atoms with Gasteiger partial charge in [-0.05, 0) is 12.0 Å². The van der Waals surface area contributed by atoms with Crippen molar-refractivity contribution >= 4 is 0 Å². The van der Waals surface area contributed by atoms with Gasteiger partial charge in [0.2, 0.25) is 0 Å². The predicted octanol–water partition coefficient (Wildman–Crippen LogP) is 2.11. The number of benzene rings is 1. The van der Waals surface area contributed by atoms with Crippen LogP contribution in [-0.2, 0) is 0 Å². The molecule has 1 aliphatic rings. The molecule has 0 radical (unpaired) electrons. The molecular formula is C10H13N. The molecule has 0 aliphatic carbocycles. The molecule has 0 spiro atoms. The van der Waals surface area contributed by atoms with Gasteiger partial charge in [0.15, 0.2) is 0 Å². The van der Waals surface area contributed by atoms with E-state index in [0.717, 1.165) is 6.04 Å². The highest BCUT2D eigenvalue weighted by Crippen LogP contribution is 2.30. The van der Waals surface area contributed by atoms with Gasteiger partial charge in [0.05, 0.1) is 0 Å². The maximum Gasteiger partial charge on any atom is 0.0478 e. The molecular weight excluding hydrogens is 134 g/mol. The molecule has 0 bridgehead atoms. The zero-order valence-electron chi connectivity index (χ0n) is 6.75. The first kappa shape index (κ1) is 6.86. The lowest BCUT2D eigenvalue weighted by Gasteiger charge is -1.94. The van der Waals surface area contributed by atoms with E-state index in [1.54, 1.807) is 0 Å². The second kappa shape index (κ2) is 2.67. The van der Waals surface area contributed by atoms with E-state index in [9.17, 15) is 0 Å². The first-order valence-electron chi connectivity index (χ1n) is 4.23. The van der Waals surface area contributed by atoms with Crippen molar-refractivity contribution < 1.29 is 0 Å². The molecule has 2 rings (SSSR count). The summed E-state index contributed by atoms with van der Waals surface area (Å²) < 4.78 is 0. The lowest BCUT2D eigenvalue weighted by molar-refractivity contribution is 0.868. The molecule has 1 N–H and O–H groups in total. The van der Waals surface area contributed by atoms with Crippen molar-refractivity contribution in [3.05, 3.63) is 35.9 Å². The van der Waals surface area contributed by atoms with Crippen LogP contribution in [0.3, 0.4) is 0 Å². The number of nitrogens with one attached hydrogen (secondary N) is 1. The number of hydrogen-bond donors (Lipinski definition) is 1. The smallest absolute Gasteiger partial charge is 0.0478 e. The minimum absolute atomic E-state index is 0.640. The predicted molar refractivity (Wildman–Crippen MR) is 46.4 cm³/mol. The number of hydrogen-bond acceptors (Lipinski definition) is 1. The summed E-state index contributed by atoms with van der Waals surface area (Å²) in [6.45, 7) is 2.22. The van der Waals surface area contributed by atoms with Crippen LogP contribution in [0.2, 0.25) is 0 Å². The average Bonchev–Trinajstić information content (AvgIpc) is 2.85. The molecule has 2 atom stereocenters. The molecule has 0 unspecified atom stereocenters. The van der Waals surface area contributed by atoms with Crippen molar-refractivity contribution in [3.63, 3.8) is 0 Å². The number of rotatable bonds is 2. The van der Waals surface area contributed by atoms with Gasteiger partial charge in [-0.2, -0.15) is 0 Å². The highest BCUT2D eigenvalue weighted by molar-refractivity contribution is 5.25. The molecule has 1 heterocycles. The van der Waals surface area contributed by atoms with E-state index in [1.807, 2.05) is 0 Å². The normalized spacial score (nSPS) is 28.5. The van der Waals surface area contributed by atoms with Gasteiger partial charge < -0.3 is 5.32 Å². The SMILES string of the molecule is CC[C@H]1N[C@@H]1c1ccccc1. The monoisotopic (exact) mass is 147 g/mol. The van der Waals surface area contributed by atoms with Crippen LogP contribution >= 0.6 is 0 Å². The fourth-order valence-corrected chi connectivity index (χ4v) is 1.52. The topological polar surface area (TPSA) is 21.9 Å². The molecule has 1 fully saturated rings. The van der Waals surface area contributed by atoms with E-state index < -0.39 is 0 Å². The van der Waals surface area contributed by atoms with Crippen LogP contribution in [0.25, 0.3) is 0 Å². The largest absolute Gasteiger partial charge is 0.304 e. The summed E-state index contributed by atoms with van der Waals surface area (Å²) in [4.78, 5) is 0. The molecule has 1 saturated heterocycles. The molecule has 0 amide bonds. The van der Waals surface area contributed by atoms with E-state index in [0.29, 0.717) is 6.04 Å². The zero-order chi connectivity index (χ0) is 7.68. The molecule has 1 aromatic rings. The zero-order valence-corrected chi connectivity index (χ0v) is 6.75. The fourth-order valence-electron chi connectivity index (χ4n) is 1.52. The lowest BCUT2D eigenvalue weighted by Crippen LogP contribution is -1.84. The first-order chi connectivity index (χ1) is 5.42. The van der Waals surface area contributed by atoms with Gasteiger partial charge >= 0.3 is 0 Å². The Bertz CT molecular complexity index is 230. The quantitative estimate of drug-likeness (QED) is 0.636. The standard InChI is InChI=1S/C10H13N/c1-2-9-10(11-9)8-6-4-3-5-7-8/h3-7,9-11H,2H2,1H3/t9-,10-/m1/s1. The van der Waals surface area contributed by atoms with E-state index >= 15 is 0 Å². The van der Waals surface area contributed by atoms with Crippen LogP contribution in [0.4, 0.5) is 0 Å². The first-order valence-corrected chi connectivity index (χ1v) is 4.23. The van der Waals surface area contributed by atoms with Crippen LogP contribution < -0.4 is 5.32 Å². The van der Waals surface area contributed by atoms with Gasteiger partial charge in [-0.1, -0.05) is 37.3 Å². The summed E-state index contributed by atoms with van der Waals surface area (Å²) in [5, 5.41) is 3.43. The van der Waals surface area contributed by atoms with E-state index in [4.69, 9.17) is 0 Å². The van der Waals surface area contributed by atoms with Crippen molar-refractivity contribution in [2.75, 3.05) is 0 Å². The van der Waals surface area contributed by atoms with Gasteiger partial charge in [0.25, 0.3) is 0 Å². The minimum Gasteiger partial charge on any atom is -0.304 e. The van der Waals surface area contributed by atoms with Gasteiger partial charge in [0.1, 0.15) is 0 Å². The third-order valence-electron chi connectivity index (χ3n) is 2.29. The molecule has 0 saturated carbocycles. The molecule has 1 aliphatic heterocycles. The Morgan fingerprint density at radius 1 is 1.27 bits per heavy atom. The van der Waals surface area contributed by atoms with E-state index in [2.05, 4.69) is 42.6 Å². The molecule has 0 aromatic heterocycles. The highest BCUT2D eigenvalue weighted by Gasteiger charge is 2.34. The molecule has 1 nitrogen and oxygen atoms in total. The third-order valence-corrected chi connectivity index (χ3v) is 2.29. The Labute approximate surface area is 67.4 Å². The summed E-state index contributed by atoms with van der Waals surface area (Å²) in [6, 6.07) is 12.0. The van der Waals surface area contributed by atoms with Crippen LogP contribution in [0.15, 0.2) is 30.3 Å². The lowest BCUT2D eigenvalue weighted by atomic mass is 10.1. The third kappa shape index (κ3) is 1.29. The van der Waals surface area contributed by atoms with Crippen LogP contribution in [0.1, 0.15) is 24.9 Å². The second-order valence-corrected chi connectivity index (χ2v) is 3.07. The van der Waals surface area contributed by atoms with Crippen molar-refractivity contribution in [2.24, 2.45) is 0 Å². The molecule has 1 aromatic carbocycles. The fraction of sp³-hybridized carbons (Fsp3) is 0.400. The Balaban J connectivity index is 2.09. The second-order valence-electron chi connectivity index (χ2n) is 3.07. The maximum atomic E-state index is 3.43. The van der Waals surface area contributed by atoms with Crippen LogP contribution in [0, 0.1) is 0 Å². The summed E-state index contributed by atoms with van der Waals surface area (Å²) in [5.41, 5.74) is 1.43. The summed E-state index contributed by atoms with van der Waals surface area (Å²) >= 11 is 0.